The minimum Gasteiger partial charge on any atom is -0.481 e. The molecule has 1 aromatic heterocycles. The Balaban J connectivity index is 1.95. The molecule has 2 rings (SSSR count). The van der Waals surface area contributed by atoms with Crippen LogP contribution in [0.2, 0.25) is 0 Å². The highest BCUT2D eigenvalue weighted by molar-refractivity contribution is 5.76. The Bertz CT molecular complexity index is 670. The Kier molecular flexibility index (Phi) is 7.67. The number of nitro groups is 1. The summed E-state index contributed by atoms with van der Waals surface area (Å²) in [5.74, 6) is -1.37. The molecule has 27 heavy (non-hydrogen) atoms. The van der Waals surface area contributed by atoms with E-state index in [1.54, 1.807) is 6.92 Å². The van der Waals surface area contributed by atoms with Crippen molar-refractivity contribution in [1.29, 1.82) is 0 Å². The van der Waals surface area contributed by atoms with Crippen molar-refractivity contribution in [2.75, 3.05) is 26.4 Å². The van der Waals surface area contributed by atoms with Gasteiger partial charge in [-0.25, -0.2) is 9.55 Å². The molecule has 0 saturated carbocycles. The molecule has 0 bridgehead atoms. The minimum atomic E-state index is -1.08. The first-order chi connectivity index (χ1) is 12.9. The highest BCUT2D eigenvalue weighted by Gasteiger charge is 2.25. The number of ether oxygens (including phenoxy) is 2. The zero-order chi connectivity index (χ0) is 19.8. The third-order valence-electron chi connectivity index (χ3n) is 4.33. The molecule has 0 aromatic carbocycles. The average Bonchev–Trinajstić information content (AvgIpc) is 3.23. The second kappa shape index (κ2) is 9.97. The molecule has 1 unspecified atom stereocenters. The zero-order valence-electron chi connectivity index (χ0n) is 15.2. The number of aromatic nitrogens is 2. The molecule has 1 aliphatic rings. The number of esters is 1. The van der Waals surface area contributed by atoms with Crippen LogP contribution in [0.5, 0.6) is 0 Å². The molecule has 1 saturated heterocycles. The van der Waals surface area contributed by atoms with Gasteiger partial charge in [-0.05, 0) is 30.9 Å². The van der Waals surface area contributed by atoms with E-state index in [4.69, 9.17) is 14.6 Å². The number of carbonyl (C=O) groups excluding carboxylic acids is 1. The lowest BCUT2D eigenvalue weighted by atomic mass is 10.3. The van der Waals surface area contributed by atoms with Crippen LogP contribution in [-0.2, 0) is 25.6 Å². The van der Waals surface area contributed by atoms with E-state index in [-0.39, 0.29) is 32.0 Å². The van der Waals surface area contributed by atoms with E-state index < -0.39 is 23.0 Å². The van der Waals surface area contributed by atoms with Gasteiger partial charge in [0.05, 0.1) is 12.8 Å². The third kappa shape index (κ3) is 6.61. The van der Waals surface area contributed by atoms with Gasteiger partial charge in [0.1, 0.15) is 18.8 Å². The van der Waals surface area contributed by atoms with Gasteiger partial charge in [-0.1, -0.05) is 0 Å². The summed E-state index contributed by atoms with van der Waals surface area (Å²) in [4.78, 5) is 38.8. The summed E-state index contributed by atoms with van der Waals surface area (Å²) in [6.07, 6.45) is 2.39. The predicted molar refractivity (Wildman–Crippen MR) is 92.0 cm³/mol. The van der Waals surface area contributed by atoms with Crippen molar-refractivity contribution in [1.82, 2.24) is 14.5 Å². The summed E-state index contributed by atoms with van der Waals surface area (Å²) in [5, 5.41) is 19.7. The first kappa shape index (κ1) is 20.8. The summed E-state index contributed by atoms with van der Waals surface area (Å²) >= 11 is 0. The van der Waals surface area contributed by atoms with Crippen molar-refractivity contribution in [2.24, 2.45) is 0 Å². The van der Waals surface area contributed by atoms with Crippen molar-refractivity contribution < 1.29 is 29.1 Å². The van der Waals surface area contributed by atoms with E-state index in [0.717, 1.165) is 25.9 Å². The molecule has 1 atom stereocenters. The minimum absolute atomic E-state index is 0.124. The first-order valence-electron chi connectivity index (χ1n) is 8.74. The van der Waals surface area contributed by atoms with Crippen LogP contribution in [-0.4, -0.2) is 69.0 Å². The number of hydrogen-bond acceptors (Lipinski definition) is 8. The number of rotatable bonds is 11. The van der Waals surface area contributed by atoms with E-state index in [9.17, 15) is 19.7 Å². The fraction of sp³-hybridized carbons (Fsp3) is 0.688. The predicted octanol–water partition coefficient (Wildman–Crippen LogP) is 0.946. The largest absolute Gasteiger partial charge is 0.481 e. The molecule has 1 N–H and O–H groups in total. The smallest absolute Gasteiger partial charge is 0.342 e. The van der Waals surface area contributed by atoms with Crippen molar-refractivity contribution >= 4 is 17.8 Å². The number of likely N-dealkylation sites (tertiary alicyclic amines) is 1. The van der Waals surface area contributed by atoms with Crippen molar-refractivity contribution in [2.45, 2.75) is 45.3 Å². The van der Waals surface area contributed by atoms with E-state index >= 15 is 0 Å². The van der Waals surface area contributed by atoms with Crippen LogP contribution in [0.3, 0.4) is 0 Å². The molecule has 2 heterocycles. The Morgan fingerprint density at radius 1 is 1.33 bits per heavy atom. The van der Waals surface area contributed by atoms with Gasteiger partial charge in [-0.3, -0.25) is 9.59 Å². The molecule has 150 valence electrons. The van der Waals surface area contributed by atoms with Crippen molar-refractivity contribution in [3.8, 4) is 0 Å². The Labute approximate surface area is 156 Å². The van der Waals surface area contributed by atoms with Crippen LogP contribution in [0.15, 0.2) is 6.20 Å². The quantitative estimate of drug-likeness (QED) is 0.256. The molecule has 1 aliphatic heterocycles. The number of carbonyl (C=O) groups is 2. The monoisotopic (exact) mass is 384 g/mol. The summed E-state index contributed by atoms with van der Waals surface area (Å²) < 4.78 is 12.0. The summed E-state index contributed by atoms with van der Waals surface area (Å²) in [6, 6.07) is 0. The number of carboxylic acids is 1. The number of carboxylic acid groups (broad SMARTS) is 1. The first-order valence-corrected chi connectivity index (χ1v) is 8.74. The Morgan fingerprint density at radius 3 is 2.67 bits per heavy atom. The maximum atomic E-state index is 11.5. The lowest BCUT2D eigenvalue weighted by molar-refractivity contribution is -0.392. The molecular weight excluding hydrogens is 360 g/mol. The molecule has 1 fully saturated rings. The van der Waals surface area contributed by atoms with Crippen molar-refractivity contribution in [3.05, 3.63) is 22.1 Å². The second-order valence-electron chi connectivity index (χ2n) is 6.36. The molecule has 0 aliphatic carbocycles. The van der Waals surface area contributed by atoms with Crippen LogP contribution in [0.1, 0.15) is 31.5 Å². The Morgan fingerprint density at radius 2 is 2.04 bits per heavy atom. The van der Waals surface area contributed by atoms with Crippen LogP contribution in [0, 0.1) is 17.0 Å². The van der Waals surface area contributed by atoms with Crippen LogP contribution >= 0.6 is 0 Å². The van der Waals surface area contributed by atoms with Gasteiger partial charge < -0.3 is 29.6 Å². The SMILES string of the molecule is Cc1ncc([N+](=O)[O-])n1CC(CN1CCCC1)OCOC(=O)CCC(=O)O. The second-order valence-corrected chi connectivity index (χ2v) is 6.36. The van der Waals surface area contributed by atoms with Crippen LogP contribution in [0.25, 0.3) is 0 Å². The fourth-order valence-electron chi connectivity index (χ4n) is 2.92. The van der Waals surface area contributed by atoms with Gasteiger partial charge in [-0.15, -0.1) is 0 Å². The molecule has 0 radical (unpaired) electrons. The number of aliphatic carboxylic acids is 1. The topological polar surface area (TPSA) is 137 Å². The molecule has 0 spiro atoms. The summed E-state index contributed by atoms with van der Waals surface area (Å²) in [5.41, 5.74) is 0. The third-order valence-corrected chi connectivity index (χ3v) is 4.33. The number of nitrogens with zero attached hydrogens (tertiary/aromatic N) is 4. The molecular formula is C16H24N4O7. The Hall–Kier alpha value is -2.53. The van der Waals surface area contributed by atoms with E-state index in [2.05, 4.69) is 9.88 Å². The summed E-state index contributed by atoms with van der Waals surface area (Å²) in [7, 11) is 0. The molecule has 11 nitrogen and oxygen atoms in total. The highest BCUT2D eigenvalue weighted by atomic mass is 16.7. The molecule has 0 amide bonds. The van der Waals surface area contributed by atoms with E-state index in [1.807, 2.05) is 0 Å². The maximum Gasteiger partial charge on any atom is 0.342 e. The van der Waals surface area contributed by atoms with Gasteiger partial charge in [0.2, 0.25) is 0 Å². The highest BCUT2D eigenvalue weighted by Crippen LogP contribution is 2.17. The van der Waals surface area contributed by atoms with Crippen molar-refractivity contribution in [3.63, 3.8) is 0 Å². The van der Waals surface area contributed by atoms with E-state index in [1.165, 1.54) is 10.8 Å². The summed E-state index contributed by atoms with van der Waals surface area (Å²) in [6.45, 7) is 3.92. The lowest BCUT2D eigenvalue weighted by Crippen LogP contribution is -2.36. The maximum absolute atomic E-state index is 11.5. The van der Waals surface area contributed by atoms with Gasteiger partial charge in [0.15, 0.2) is 12.6 Å². The average molecular weight is 384 g/mol. The standard InChI is InChI=1S/C16H24N4O7/c1-12-17-8-14(20(24)25)19(12)10-13(9-18-6-2-3-7-18)26-11-27-16(23)5-4-15(21)22/h8,13H,2-7,9-11H2,1H3,(H,21,22). The zero-order valence-corrected chi connectivity index (χ0v) is 15.2. The number of hydrogen-bond donors (Lipinski definition) is 1. The normalized spacial score (nSPS) is 15.6. The van der Waals surface area contributed by atoms with Crippen LogP contribution < -0.4 is 0 Å². The van der Waals surface area contributed by atoms with E-state index in [0.29, 0.717) is 12.4 Å². The fourth-order valence-corrected chi connectivity index (χ4v) is 2.92. The van der Waals surface area contributed by atoms with Gasteiger partial charge in [0, 0.05) is 13.5 Å². The lowest BCUT2D eigenvalue weighted by Gasteiger charge is -2.23. The van der Waals surface area contributed by atoms with Gasteiger partial charge in [0.25, 0.3) is 0 Å². The van der Waals surface area contributed by atoms with Crippen LogP contribution in [0.4, 0.5) is 5.82 Å². The molecule has 11 heteroatoms. The van der Waals surface area contributed by atoms with Gasteiger partial charge in [-0.2, -0.15) is 0 Å². The number of imidazole rings is 1. The molecule has 1 aromatic rings. The van der Waals surface area contributed by atoms with Gasteiger partial charge >= 0.3 is 17.8 Å². The number of aryl methyl sites for hydroxylation is 1.